The lowest BCUT2D eigenvalue weighted by Crippen LogP contribution is -2.27. The van der Waals surface area contributed by atoms with E-state index in [4.69, 9.17) is 0 Å². The Kier molecular flexibility index (Phi) is 4.44. The van der Waals surface area contributed by atoms with E-state index in [9.17, 15) is 9.59 Å². The van der Waals surface area contributed by atoms with Crippen molar-refractivity contribution in [2.75, 3.05) is 6.54 Å². The molecule has 0 unspecified atom stereocenters. The smallest absolute Gasteiger partial charge is 0.273 e. The monoisotopic (exact) mass is 353 g/mol. The Morgan fingerprint density at radius 1 is 1.12 bits per heavy atom. The van der Waals surface area contributed by atoms with E-state index in [1.807, 2.05) is 19.1 Å². The average Bonchev–Trinajstić information content (AvgIpc) is 3.56. The summed E-state index contributed by atoms with van der Waals surface area (Å²) in [6.45, 7) is 2.48. The Bertz CT molecular complexity index is 819. The fraction of sp³-hybridized carbons (Fsp3) is 0.474. The Labute approximate surface area is 152 Å². The van der Waals surface area contributed by atoms with Gasteiger partial charge in [-0.05, 0) is 69.2 Å². The van der Waals surface area contributed by atoms with E-state index in [1.54, 1.807) is 16.8 Å². The van der Waals surface area contributed by atoms with Gasteiger partial charge in [0, 0.05) is 18.2 Å². The second kappa shape index (κ2) is 6.90. The topological polar surface area (TPSA) is 88.9 Å². The van der Waals surface area contributed by atoms with Crippen LogP contribution in [0.3, 0.4) is 0 Å². The molecule has 0 aliphatic heterocycles. The molecule has 0 radical (unpaired) electrons. The van der Waals surface area contributed by atoms with Crippen LogP contribution < -0.4 is 10.6 Å². The lowest BCUT2D eigenvalue weighted by atomic mass is 10.1. The molecule has 1 heterocycles. The van der Waals surface area contributed by atoms with E-state index in [-0.39, 0.29) is 17.9 Å². The van der Waals surface area contributed by atoms with Gasteiger partial charge in [0.05, 0.1) is 11.4 Å². The molecule has 7 nitrogen and oxygen atoms in total. The maximum Gasteiger partial charge on any atom is 0.273 e. The molecule has 2 amide bonds. The number of amides is 2. The van der Waals surface area contributed by atoms with Crippen LogP contribution in [0, 0.1) is 5.92 Å². The van der Waals surface area contributed by atoms with Gasteiger partial charge in [-0.1, -0.05) is 5.21 Å². The highest BCUT2D eigenvalue weighted by molar-refractivity contribution is 5.94. The van der Waals surface area contributed by atoms with Gasteiger partial charge in [0.15, 0.2) is 5.69 Å². The first kappa shape index (κ1) is 16.8. The highest BCUT2D eigenvalue weighted by Crippen LogP contribution is 2.34. The molecule has 26 heavy (non-hydrogen) atoms. The predicted octanol–water partition coefficient (Wildman–Crippen LogP) is 1.86. The molecule has 136 valence electrons. The van der Waals surface area contributed by atoms with Crippen molar-refractivity contribution in [2.24, 2.45) is 5.92 Å². The molecule has 0 saturated heterocycles. The number of rotatable bonds is 7. The van der Waals surface area contributed by atoms with Gasteiger partial charge >= 0.3 is 0 Å². The molecule has 2 N–H and O–H groups in total. The Morgan fingerprint density at radius 2 is 1.85 bits per heavy atom. The fourth-order valence-electron chi connectivity index (χ4n) is 2.96. The van der Waals surface area contributed by atoms with Crippen molar-refractivity contribution in [1.82, 2.24) is 25.6 Å². The summed E-state index contributed by atoms with van der Waals surface area (Å²) < 4.78 is 1.74. The first-order valence-electron chi connectivity index (χ1n) is 9.29. The summed E-state index contributed by atoms with van der Waals surface area (Å²) in [6.07, 6.45) is 5.26. The van der Waals surface area contributed by atoms with Crippen LogP contribution in [0.25, 0.3) is 5.69 Å². The summed E-state index contributed by atoms with van der Waals surface area (Å²) >= 11 is 0. The largest absolute Gasteiger partial charge is 0.352 e. The molecule has 1 aromatic carbocycles. The zero-order valence-electron chi connectivity index (χ0n) is 14.9. The minimum atomic E-state index is -0.131. The summed E-state index contributed by atoms with van der Waals surface area (Å²) in [6, 6.07) is 7.52. The molecule has 2 aromatic rings. The lowest BCUT2D eigenvalue weighted by molar-refractivity contribution is 0.0940. The van der Waals surface area contributed by atoms with Crippen molar-refractivity contribution in [3.63, 3.8) is 0 Å². The van der Waals surface area contributed by atoms with Crippen LogP contribution in [0.2, 0.25) is 0 Å². The Hall–Kier alpha value is -2.70. The highest BCUT2D eigenvalue weighted by atomic mass is 16.2. The van der Waals surface area contributed by atoms with Crippen LogP contribution in [0.15, 0.2) is 24.3 Å². The predicted molar refractivity (Wildman–Crippen MR) is 96.3 cm³/mol. The number of hydrogen-bond acceptors (Lipinski definition) is 4. The first-order valence-corrected chi connectivity index (χ1v) is 9.29. The Morgan fingerprint density at radius 3 is 2.46 bits per heavy atom. The minimum absolute atomic E-state index is 0.0969. The van der Waals surface area contributed by atoms with Crippen LogP contribution in [-0.4, -0.2) is 39.4 Å². The molecular formula is C19H23N5O2. The highest BCUT2D eigenvalue weighted by Gasteiger charge is 2.31. The zero-order valence-corrected chi connectivity index (χ0v) is 14.9. The number of hydrogen-bond donors (Lipinski definition) is 2. The third kappa shape index (κ3) is 3.61. The van der Waals surface area contributed by atoms with Gasteiger partial charge in [0.25, 0.3) is 11.8 Å². The standard InChI is InChI=1S/C19H23N5O2/c1-2-20-18(25)13-5-9-15(10-6-13)24-16(11-12-3-4-12)17(22-23-24)19(26)21-14-7-8-14/h5-6,9-10,12,14H,2-4,7-8,11H2,1H3,(H,20,25)(H,21,26). The van der Waals surface area contributed by atoms with Crippen molar-refractivity contribution >= 4 is 11.8 Å². The molecule has 1 aromatic heterocycles. The summed E-state index contributed by atoms with van der Waals surface area (Å²) in [5.41, 5.74) is 2.70. The third-order valence-corrected chi connectivity index (χ3v) is 4.78. The van der Waals surface area contributed by atoms with Crippen molar-refractivity contribution in [3.05, 3.63) is 41.2 Å². The second-order valence-corrected chi connectivity index (χ2v) is 7.10. The van der Waals surface area contributed by atoms with E-state index in [2.05, 4.69) is 20.9 Å². The lowest BCUT2D eigenvalue weighted by Gasteiger charge is -2.09. The Balaban J connectivity index is 1.61. The van der Waals surface area contributed by atoms with Crippen molar-refractivity contribution in [1.29, 1.82) is 0 Å². The first-order chi connectivity index (χ1) is 12.7. The van der Waals surface area contributed by atoms with E-state index in [0.717, 1.165) is 30.6 Å². The zero-order chi connectivity index (χ0) is 18.1. The van der Waals surface area contributed by atoms with Gasteiger partial charge in [-0.2, -0.15) is 0 Å². The number of nitrogens with one attached hydrogen (secondary N) is 2. The maximum atomic E-state index is 12.5. The summed E-state index contributed by atoms with van der Waals surface area (Å²) in [5, 5.41) is 14.2. The molecular weight excluding hydrogens is 330 g/mol. The third-order valence-electron chi connectivity index (χ3n) is 4.78. The molecule has 7 heteroatoms. The van der Waals surface area contributed by atoms with Crippen molar-refractivity contribution < 1.29 is 9.59 Å². The number of carbonyl (C=O) groups excluding carboxylic acids is 2. The van der Waals surface area contributed by atoms with Crippen molar-refractivity contribution in [2.45, 2.75) is 45.1 Å². The molecule has 2 aliphatic rings. The fourth-order valence-corrected chi connectivity index (χ4v) is 2.96. The van der Waals surface area contributed by atoms with Crippen LogP contribution in [0.4, 0.5) is 0 Å². The number of aromatic nitrogens is 3. The van der Waals surface area contributed by atoms with Gasteiger partial charge in [-0.15, -0.1) is 5.10 Å². The summed E-state index contributed by atoms with van der Waals surface area (Å²) in [7, 11) is 0. The van der Waals surface area contributed by atoms with Crippen LogP contribution >= 0.6 is 0 Å². The van der Waals surface area contributed by atoms with Gasteiger partial charge in [-0.25, -0.2) is 4.68 Å². The molecule has 2 aliphatic carbocycles. The van der Waals surface area contributed by atoms with E-state index in [0.29, 0.717) is 23.7 Å². The quantitative estimate of drug-likeness (QED) is 0.795. The molecule has 4 rings (SSSR count). The molecule has 0 atom stereocenters. The summed E-state index contributed by atoms with van der Waals surface area (Å²) in [4.78, 5) is 24.4. The molecule has 2 saturated carbocycles. The number of carbonyl (C=O) groups is 2. The second-order valence-electron chi connectivity index (χ2n) is 7.10. The van der Waals surface area contributed by atoms with Crippen molar-refractivity contribution in [3.8, 4) is 5.69 Å². The average molecular weight is 353 g/mol. The SMILES string of the molecule is CCNC(=O)c1ccc(-n2nnc(C(=O)NC3CC3)c2CC2CC2)cc1. The van der Waals surface area contributed by atoms with Gasteiger partial charge in [0.1, 0.15) is 0 Å². The molecule has 0 spiro atoms. The van der Waals surface area contributed by atoms with Gasteiger partial charge < -0.3 is 10.6 Å². The van der Waals surface area contributed by atoms with Crippen LogP contribution in [-0.2, 0) is 6.42 Å². The van der Waals surface area contributed by atoms with Gasteiger partial charge in [0.2, 0.25) is 0 Å². The number of nitrogens with zero attached hydrogens (tertiary/aromatic N) is 3. The minimum Gasteiger partial charge on any atom is -0.352 e. The van der Waals surface area contributed by atoms with Crippen LogP contribution in [0.1, 0.15) is 59.1 Å². The van der Waals surface area contributed by atoms with E-state index >= 15 is 0 Å². The number of benzene rings is 1. The molecule has 0 bridgehead atoms. The molecule has 2 fully saturated rings. The van der Waals surface area contributed by atoms with E-state index < -0.39 is 0 Å². The maximum absolute atomic E-state index is 12.5. The van der Waals surface area contributed by atoms with Crippen LogP contribution in [0.5, 0.6) is 0 Å². The summed E-state index contributed by atoms with van der Waals surface area (Å²) in [5.74, 6) is 0.378. The van der Waals surface area contributed by atoms with E-state index in [1.165, 1.54) is 12.8 Å². The van der Waals surface area contributed by atoms with Gasteiger partial charge in [-0.3, -0.25) is 9.59 Å². The normalized spacial score (nSPS) is 16.3.